The van der Waals surface area contributed by atoms with Gasteiger partial charge in [-0.05, 0) is 24.1 Å². The number of hydrogen-bond acceptors (Lipinski definition) is 4. The third-order valence-corrected chi connectivity index (χ3v) is 2.25. The second-order valence-electron chi connectivity index (χ2n) is 3.58. The minimum atomic E-state index is -0.625. The first kappa shape index (κ1) is 16.5. The first-order valence-corrected chi connectivity index (χ1v) is 5.33. The fourth-order valence-corrected chi connectivity index (χ4v) is 1.37. The Labute approximate surface area is 113 Å². The van der Waals surface area contributed by atoms with Gasteiger partial charge in [0.1, 0.15) is 18.4 Å². The number of rotatable bonds is 6. The molecule has 0 aromatic heterocycles. The first-order chi connectivity index (χ1) is 8.17. The predicted octanol–water partition coefficient (Wildman–Crippen LogP) is 1.72. The van der Waals surface area contributed by atoms with Gasteiger partial charge in [0.2, 0.25) is 0 Å². The van der Waals surface area contributed by atoms with Gasteiger partial charge < -0.3 is 15.2 Å². The maximum atomic E-state index is 11.1. The van der Waals surface area contributed by atoms with Crippen LogP contribution in [0, 0.1) is 0 Å². The van der Waals surface area contributed by atoms with Gasteiger partial charge in [0.15, 0.2) is 0 Å². The molecule has 0 fully saturated rings. The highest BCUT2D eigenvalue weighted by atomic mass is 35.5. The standard InChI is InChI=1S/C13H17NO3.ClH/c1-3-8-17-11-6-4-10(5-7-11)9-12(14)13(15)16-2;/h3-7,12H,1,8-9,14H2,2H3;1H/t12-;/m0./s1. The van der Waals surface area contributed by atoms with Crippen molar-refractivity contribution < 1.29 is 14.3 Å². The van der Waals surface area contributed by atoms with E-state index < -0.39 is 12.0 Å². The number of carbonyl (C=O) groups is 1. The average molecular weight is 272 g/mol. The first-order valence-electron chi connectivity index (χ1n) is 5.33. The largest absolute Gasteiger partial charge is 0.490 e. The normalized spacial score (nSPS) is 11.0. The third kappa shape index (κ3) is 5.21. The van der Waals surface area contributed by atoms with E-state index in [1.807, 2.05) is 24.3 Å². The number of halogens is 1. The van der Waals surface area contributed by atoms with Gasteiger partial charge in [-0.2, -0.15) is 0 Å². The summed E-state index contributed by atoms with van der Waals surface area (Å²) in [7, 11) is 1.33. The van der Waals surface area contributed by atoms with Gasteiger partial charge in [0.25, 0.3) is 0 Å². The molecule has 2 N–H and O–H groups in total. The SMILES string of the molecule is C=CCOc1ccc(C[C@H](N)C(=O)OC)cc1.Cl. The van der Waals surface area contributed by atoms with Crippen LogP contribution < -0.4 is 10.5 Å². The van der Waals surface area contributed by atoms with Crippen molar-refractivity contribution in [2.45, 2.75) is 12.5 Å². The van der Waals surface area contributed by atoms with Crippen molar-refractivity contribution in [1.29, 1.82) is 0 Å². The molecule has 1 aromatic rings. The number of esters is 1. The van der Waals surface area contributed by atoms with Crippen molar-refractivity contribution in [3.05, 3.63) is 42.5 Å². The minimum Gasteiger partial charge on any atom is -0.490 e. The second-order valence-corrected chi connectivity index (χ2v) is 3.58. The summed E-state index contributed by atoms with van der Waals surface area (Å²) < 4.78 is 9.90. The maximum absolute atomic E-state index is 11.1. The topological polar surface area (TPSA) is 61.5 Å². The molecule has 0 aliphatic rings. The van der Waals surface area contributed by atoms with E-state index in [1.54, 1.807) is 6.08 Å². The Balaban J connectivity index is 0.00000289. The Bertz CT molecular complexity index is 378. The number of methoxy groups -OCH3 is 1. The van der Waals surface area contributed by atoms with Crippen molar-refractivity contribution in [3.63, 3.8) is 0 Å². The molecule has 0 radical (unpaired) electrons. The van der Waals surface area contributed by atoms with E-state index in [1.165, 1.54) is 7.11 Å². The Hall–Kier alpha value is -1.52. The molecule has 0 unspecified atom stereocenters. The van der Waals surface area contributed by atoms with Gasteiger partial charge in [-0.25, -0.2) is 0 Å². The zero-order chi connectivity index (χ0) is 12.7. The molecule has 5 heteroatoms. The zero-order valence-corrected chi connectivity index (χ0v) is 11.1. The molecule has 18 heavy (non-hydrogen) atoms. The van der Waals surface area contributed by atoms with Crippen LogP contribution in [0.4, 0.5) is 0 Å². The van der Waals surface area contributed by atoms with E-state index >= 15 is 0 Å². The van der Waals surface area contributed by atoms with E-state index in [2.05, 4.69) is 11.3 Å². The van der Waals surface area contributed by atoms with E-state index in [-0.39, 0.29) is 12.4 Å². The Morgan fingerprint density at radius 1 is 1.44 bits per heavy atom. The molecule has 0 saturated heterocycles. The number of hydrogen-bond donors (Lipinski definition) is 1. The fourth-order valence-electron chi connectivity index (χ4n) is 1.37. The molecule has 0 heterocycles. The molecule has 0 amide bonds. The smallest absolute Gasteiger partial charge is 0.322 e. The van der Waals surface area contributed by atoms with Gasteiger partial charge in [0, 0.05) is 0 Å². The molecule has 1 atom stereocenters. The summed E-state index contributed by atoms with van der Waals surface area (Å²) in [6.45, 7) is 4.04. The van der Waals surface area contributed by atoms with Gasteiger partial charge in [-0.3, -0.25) is 4.79 Å². The van der Waals surface area contributed by atoms with Crippen molar-refractivity contribution in [1.82, 2.24) is 0 Å². The van der Waals surface area contributed by atoms with Crippen molar-refractivity contribution in [2.75, 3.05) is 13.7 Å². The lowest BCUT2D eigenvalue weighted by molar-refractivity contribution is -0.142. The summed E-state index contributed by atoms with van der Waals surface area (Å²) in [5.74, 6) is 0.359. The zero-order valence-electron chi connectivity index (χ0n) is 10.3. The van der Waals surface area contributed by atoms with Gasteiger partial charge >= 0.3 is 5.97 Å². The molecule has 100 valence electrons. The summed E-state index contributed by atoms with van der Waals surface area (Å²) in [5.41, 5.74) is 6.63. The summed E-state index contributed by atoms with van der Waals surface area (Å²) in [4.78, 5) is 11.1. The van der Waals surface area contributed by atoms with E-state index in [0.29, 0.717) is 13.0 Å². The Kier molecular flexibility index (Phi) is 7.83. The van der Waals surface area contributed by atoms with Gasteiger partial charge in [-0.15, -0.1) is 12.4 Å². The molecule has 0 bridgehead atoms. The van der Waals surface area contributed by atoms with Crippen molar-refractivity contribution in [3.8, 4) is 5.75 Å². The van der Waals surface area contributed by atoms with Gasteiger partial charge in [0.05, 0.1) is 7.11 Å². The molecule has 0 saturated carbocycles. The van der Waals surface area contributed by atoms with Gasteiger partial charge in [-0.1, -0.05) is 24.8 Å². The van der Waals surface area contributed by atoms with Crippen LogP contribution in [0.1, 0.15) is 5.56 Å². The molecule has 1 rings (SSSR count). The molecular formula is C13H18ClNO3. The summed E-state index contributed by atoms with van der Waals surface area (Å²) >= 11 is 0. The quantitative estimate of drug-likeness (QED) is 0.632. The third-order valence-electron chi connectivity index (χ3n) is 2.25. The monoisotopic (exact) mass is 271 g/mol. The summed E-state index contributed by atoms with van der Waals surface area (Å²) in [6, 6.07) is 6.80. The molecular weight excluding hydrogens is 254 g/mol. The van der Waals surface area contributed by atoms with Crippen LogP contribution in [0.2, 0.25) is 0 Å². The average Bonchev–Trinajstić information content (AvgIpc) is 2.37. The molecule has 0 spiro atoms. The number of carbonyl (C=O) groups excluding carboxylic acids is 1. The van der Waals surface area contributed by atoms with Crippen LogP contribution in [-0.2, 0) is 16.0 Å². The Morgan fingerprint density at radius 2 is 2.06 bits per heavy atom. The number of ether oxygens (including phenoxy) is 2. The minimum absolute atomic E-state index is 0. The summed E-state index contributed by atoms with van der Waals surface area (Å²) in [6.07, 6.45) is 2.13. The van der Waals surface area contributed by atoms with Crippen molar-refractivity contribution in [2.24, 2.45) is 5.73 Å². The predicted molar refractivity (Wildman–Crippen MR) is 73.1 cm³/mol. The van der Waals surface area contributed by atoms with Crippen LogP contribution >= 0.6 is 12.4 Å². The number of benzene rings is 1. The van der Waals surface area contributed by atoms with Crippen LogP contribution in [0.15, 0.2) is 36.9 Å². The molecule has 0 aliphatic carbocycles. The van der Waals surface area contributed by atoms with E-state index in [0.717, 1.165) is 11.3 Å². The van der Waals surface area contributed by atoms with E-state index in [9.17, 15) is 4.79 Å². The lowest BCUT2D eigenvalue weighted by atomic mass is 10.1. The highest BCUT2D eigenvalue weighted by molar-refractivity contribution is 5.85. The maximum Gasteiger partial charge on any atom is 0.322 e. The lowest BCUT2D eigenvalue weighted by Gasteiger charge is -2.09. The fraction of sp³-hybridized carbons (Fsp3) is 0.308. The highest BCUT2D eigenvalue weighted by Crippen LogP contribution is 2.13. The second kappa shape index (κ2) is 8.55. The van der Waals surface area contributed by atoms with E-state index in [4.69, 9.17) is 10.5 Å². The van der Waals surface area contributed by atoms with Crippen LogP contribution in [0.3, 0.4) is 0 Å². The lowest BCUT2D eigenvalue weighted by Crippen LogP contribution is -2.33. The highest BCUT2D eigenvalue weighted by Gasteiger charge is 2.13. The van der Waals surface area contributed by atoms with Crippen LogP contribution in [-0.4, -0.2) is 25.7 Å². The molecule has 4 nitrogen and oxygen atoms in total. The van der Waals surface area contributed by atoms with Crippen LogP contribution in [0.5, 0.6) is 5.75 Å². The molecule has 1 aromatic carbocycles. The Morgan fingerprint density at radius 3 is 2.56 bits per heavy atom. The molecule has 0 aliphatic heterocycles. The van der Waals surface area contributed by atoms with Crippen molar-refractivity contribution >= 4 is 18.4 Å². The number of nitrogens with two attached hydrogens (primary N) is 1. The van der Waals surface area contributed by atoms with Crippen LogP contribution in [0.25, 0.3) is 0 Å². The summed E-state index contributed by atoms with van der Waals surface area (Å²) in [5, 5.41) is 0.